The van der Waals surface area contributed by atoms with E-state index in [1.54, 1.807) is 54.1 Å². The van der Waals surface area contributed by atoms with E-state index in [2.05, 4.69) is 0 Å². The van der Waals surface area contributed by atoms with E-state index in [0.717, 1.165) is 5.56 Å². The minimum atomic E-state index is -0.263. The average molecular weight is 392 g/mol. The van der Waals surface area contributed by atoms with Gasteiger partial charge in [0.2, 0.25) is 0 Å². The van der Waals surface area contributed by atoms with Crippen molar-refractivity contribution in [2.75, 3.05) is 7.11 Å². The van der Waals surface area contributed by atoms with Crippen LogP contribution < -0.4 is 10.3 Å². The Labute approximate surface area is 167 Å². The Morgan fingerprint density at radius 3 is 2.39 bits per heavy atom. The minimum absolute atomic E-state index is 0.0722. The standard InChI is InChI=1S/C23H18ClNO3/c1-28-18-10-7-16(8-11-18)21-22(26)19-13-17(24)9-12-20(19)25(23(21)27)14-15-5-3-2-4-6-15/h2-13,26H,14H2,1H3. The van der Waals surface area contributed by atoms with Gasteiger partial charge in [0.05, 0.1) is 24.7 Å². The first-order valence-corrected chi connectivity index (χ1v) is 9.19. The first kappa shape index (κ1) is 18.1. The minimum Gasteiger partial charge on any atom is -0.506 e. The summed E-state index contributed by atoms with van der Waals surface area (Å²) in [7, 11) is 1.58. The van der Waals surface area contributed by atoms with Crippen LogP contribution in [-0.2, 0) is 6.54 Å². The molecule has 0 aliphatic carbocycles. The number of benzene rings is 3. The molecule has 5 heteroatoms. The van der Waals surface area contributed by atoms with Crippen LogP contribution >= 0.6 is 11.6 Å². The summed E-state index contributed by atoms with van der Waals surface area (Å²) in [5.74, 6) is 0.605. The Balaban J connectivity index is 2.00. The number of nitrogens with zero attached hydrogens (tertiary/aromatic N) is 1. The molecule has 0 radical (unpaired) electrons. The number of halogens is 1. The molecule has 3 aromatic carbocycles. The van der Waals surface area contributed by atoms with E-state index in [1.807, 2.05) is 30.3 Å². The lowest BCUT2D eigenvalue weighted by Crippen LogP contribution is -2.23. The second-order valence-electron chi connectivity index (χ2n) is 6.49. The number of pyridine rings is 1. The van der Waals surface area contributed by atoms with Gasteiger partial charge in [-0.3, -0.25) is 4.79 Å². The average Bonchev–Trinajstić information content (AvgIpc) is 2.72. The molecule has 1 N–H and O–H groups in total. The lowest BCUT2D eigenvalue weighted by molar-refractivity contribution is 0.415. The molecule has 1 aromatic heterocycles. The summed E-state index contributed by atoms with van der Waals surface area (Å²) >= 11 is 6.17. The first-order chi connectivity index (χ1) is 13.6. The summed E-state index contributed by atoms with van der Waals surface area (Å²) in [5, 5.41) is 12.0. The summed E-state index contributed by atoms with van der Waals surface area (Å²) in [5.41, 5.74) is 2.22. The molecule has 1 heterocycles. The van der Waals surface area contributed by atoms with Gasteiger partial charge in [-0.15, -0.1) is 0 Å². The van der Waals surface area contributed by atoms with Crippen molar-refractivity contribution in [3.05, 3.63) is 93.7 Å². The Morgan fingerprint density at radius 1 is 1.00 bits per heavy atom. The number of hydrogen-bond acceptors (Lipinski definition) is 3. The van der Waals surface area contributed by atoms with Gasteiger partial charge in [0.1, 0.15) is 11.5 Å². The molecule has 28 heavy (non-hydrogen) atoms. The van der Waals surface area contributed by atoms with E-state index < -0.39 is 0 Å². The second-order valence-corrected chi connectivity index (χ2v) is 6.93. The predicted octanol–water partition coefficient (Wildman–Crippen LogP) is 5.08. The van der Waals surface area contributed by atoms with Crippen molar-refractivity contribution in [1.82, 2.24) is 4.57 Å². The van der Waals surface area contributed by atoms with E-state index in [1.165, 1.54) is 0 Å². The predicted molar refractivity (Wildman–Crippen MR) is 112 cm³/mol. The van der Waals surface area contributed by atoms with Gasteiger partial charge in [0.15, 0.2) is 0 Å². The third-order valence-corrected chi connectivity index (χ3v) is 5.00. The van der Waals surface area contributed by atoms with E-state index in [-0.39, 0.29) is 16.9 Å². The zero-order valence-corrected chi connectivity index (χ0v) is 16.0. The van der Waals surface area contributed by atoms with Crippen molar-refractivity contribution >= 4 is 22.5 Å². The number of methoxy groups -OCH3 is 1. The Hall–Kier alpha value is -3.24. The van der Waals surface area contributed by atoms with E-state index in [0.29, 0.717) is 33.8 Å². The summed E-state index contributed by atoms with van der Waals surface area (Å²) in [6, 6.07) is 21.9. The molecule has 0 aliphatic rings. The van der Waals surface area contributed by atoms with Gasteiger partial charge in [-0.05, 0) is 41.5 Å². The molecule has 0 saturated heterocycles. The molecule has 0 atom stereocenters. The SMILES string of the molecule is COc1ccc(-c2c(O)c3cc(Cl)ccc3n(Cc3ccccc3)c2=O)cc1. The van der Waals surface area contributed by atoms with Crippen LogP contribution in [0.2, 0.25) is 5.02 Å². The molecule has 0 saturated carbocycles. The highest BCUT2D eigenvalue weighted by Crippen LogP contribution is 2.35. The zero-order valence-electron chi connectivity index (χ0n) is 15.2. The molecule has 4 aromatic rings. The molecule has 0 unspecified atom stereocenters. The highest BCUT2D eigenvalue weighted by atomic mass is 35.5. The van der Waals surface area contributed by atoms with Crippen LogP contribution in [0.4, 0.5) is 0 Å². The number of aromatic hydroxyl groups is 1. The maximum atomic E-state index is 13.4. The van der Waals surface area contributed by atoms with Crippen molar-refractivity contribution < 1.29 is 9.84 Å². The third kappa shape index (κ3) is 3.23. The van der Waals surface area contributed by atoms with Gasteiger partial charge < -0.3 is 14.4 Å². The van der Waals surface area contributed by atoms with Crippen LogP contribution in [0.15, 0.2) is 77.6 Å². The lowest BCUT2D eigenvalue weighted by atomic mass is 10.0. The fourth-order valence-electron chi connectivity index (χ4n) is 3.35. The summed E-state index contributed by atoms with van der Waals surface area (Å²) in [6.45, 7) is 0.390. The highest BCUT2D eigenvalue weighted by molar-refractivity contribution is 6.31. The second kappa shape index (κ2) is 7.41. The zero-order chi connectivity index (χ0) is 19.7. The maximum Gasteiger partial charge on any atom is 0.263 e. The van der Waals surface area contributed by atoms with Gasteiger partial charge in [-0.2, -0.15) is 0 Å². The monoisotopic (exact) mass is 391 g/mol. The molecular weight excluding hydrogens is 374 g/mol. The van der Waals surface area contributed by atoms with E-state index in [9.17, 15) is 9.90 Å². The molecule has 0 aliphatic heterocycles. The normalized spacial score (nSPS) is 10.9. The molecule has 140 valence electrons. The molecule has 4 rings (SSSR count). The third-order valence-electron chi connectivity index (χ3n) is 4.76. The van der Waals surface area contributed by atoms with Crippen molar-refractivity contribution in [1.29, 1.82) is 0 Å². The van der Waals surface area contributed by atoms with Crippen LogP contribution in [0.1, 0.15) is 5.56 Å². The van der Waals surface area contributed by atoms with Gasteiger partial charge in [-0.25, -0.2) is 0 Å². The molecule has 0 amide bonds. The molecule has 0 spiro atoms. The molecule has 0 bridgehead atoms. The van der Waals surface area contributed by atoms with E-state index in [4.69, 9.17) is 16.3 Å². The summed E-state index contributed by atoms with van der Waals surface area (Å²) in [4.78, 5) is 13.4. The number of ether oxygens (including phenoxy) is 1. The Morgan fingerprint density at radius 2 is 1.71 bits per heavy atom. The Bertz CT molecular complexity index is 1200. The molecule has 0 fully saturated rings. The quantitative estimate of drug-likeness (QED) is 0.527. The van der Waals surface area contributed by atoms with Gasteiger partial charge >= 0.3 is 0 Å². The topological polar surface area (TPSA) is 51.5 Å². The molecular formula is C23H18ClNO3. The Kier molecular flexibility index (Phi) is 4.80. The number of fused-ring (bicyclic) bond motifs is 1. The first-order valence-electron chi connectivity index (χ1n) is 8.82. The largest absolute Gasteiger partial charge is 0.506 e. The molecule has 4 nitrogen and oxygen atoms in total. The van der Waals surface area contributed by atoms with E-state index >= 15 is 0 Å². The van der Waals surface area contributed by atoms with Crippen LogP contribution in [0.5, 0.6) is 11.5 Å². The maximum absolute atomic E-state index is 13.4. The van der Waals surface area contributed by atoms with Crippen LogP contribution in [0, 0.1) is 0 Å². The fraction of sp³-hybridized carbons (Fsp3) is 0.0870. The lowest BCUT2D eigenvalue weighted by Gasteiger charge is -2.16. The highest BCUT2D eigenvalue weighted by Gasteiger charge is 2.18. The number of aromatic nitrogens is 1. The van der Waals surface area contributed by atoms with Crippen LogP contribution in [0.3, 0.4) is 0 Å². The summed E-state index contributed by atoms with van der Waals surface area (Å²) < 4.78 is 6.86. The van der Waals surface area contributed by atoms with Gasteiger partial charge in [0, 0.05) is 10.4 Å². The van der Waals surface area contributed by atoms with Crippen molar-refractivity contribution in [2.24, 2.45) is 0 Å². The number of rotatable bonds is 4. The summed E-state index contributed by atoms with van der Waals surface area (Å²) in [6.07, 6.45) is 0. The van der Waals surface area contributed by atoms with Crippen molar-refractivity contribution in [3.63, 3.8) is 0 Å². The van der Waals surface area contributed by atoms with Crippen LogP contribution in [-0.4, -0.2) is 16.8 Å². The number of hydrogen-bond donors (Lipinski definition) is 1. The smallest absolute Gasteiger partial charge is 0.263 e. The van der Waals surface area contributed by atoms with Gasteiger partial charge in [-0.1, -0.05) is 54.1 Å². The van der Waals surface area contributed by atoms with Crippen molar-refractivity contribution in [3.8, 4) is 22.6 Å². The van der Waals surface area contributed by atoms with Crippen molar-refractivity contribution in [2.45, 2.75) is 6.54 Å². The van der Waals surface area contributed by atoms with Gasteiger partial charge in [0.25, 0.3) is 5.56 Å². The van der Waals surface area contributed by atoms with Crippen LogP contribution in [0.25, 0.3) is 22.0 Å². The fourth-order valence-corrected chi connectivity index (χ4v) is 3.53.